The average Bonchev–Trinajstić information content (AvgIpc) is 2.50. The Bertz CT molecular complexity index is 382. The predicted molar refractivity (Wildman–Crippen MR) is 89.0 cm³/mol. The van der Waals surface area contributed by atoms with Crippen LogP contribution in [0, 0.1) is 0 Å². The molecule has 0 aromatic heterocycles. The second kappa shape index (κ2) is 14.5. The van der Waals surface area contributed by atoms with E-state index in [1.807, 2.05) is 0 Å². The van der Waals surface area contributed by atoms with Crippen molar-refractivity contribution in [1.82, 2.24) is 10.2 Å². The molecule has 0 bridgehead atoms. The lowest BCUT2D eigenvalue weighted by Crippen LogP contribution is -2.37. The van der Waals surface area contributed by atoms with Crippen molar-refractivity contribution >= 4 is 13.7 Å². The Labute approximate surface area is 147 Å². The van der Waals surface area contributed by atoms with E-state index in [2.05, 4.69) is 30.2 Å². The maximum atomic E-state index is 11.7. The highest BCUT2D eigenvalue weighted by molar-refractivity contribution is 7.46. The highest BCUT2D eigenvalue weighted by Crippen LogP contribution is 2.35. The van der Waals surface area contributed by atoms with Crippen molar-refractivity contribution in [3.05, 3.63) is 0 Å². The summed E-state index contributed by atoms with van der Waals surface area (Å²) in [4.78, 5) is 29.4. The van der Waals surface area contributed by atoms with Gasteiger partial charge in [0.2, 0.25) is 0 Å². The second-order valence-corrected chi connectivity index (χ2v) is 6.35. The Morgan fingerprint density at radius 2 is 1.52 bits per heavy atom. The smallest absolute Gasteiger partial charge is 0.348 e. The summed E-state index contributed by atoms with van der Waals surface area (Å²) >= 11 is 0. The van der Waals surface area contributed by atoms with Crippen LogP contribution < -0.4 is 5.32 Å². The first-order valence-electron chi connectivity index (χ1n) is 8.25. The zero-order chi connectivity index (χ0) is 19.9. The largest absolute Gasteiger partial charge is 0.471 e. The van der Waals surface area contributed by atoms with Gasteiger partial charge in [-0.15, -0.1) is 0 Å². The van der Waals surface area contributed by atoms with E-state index in [0.717, 1.165) is 0 Å². The highest BCUT2D eigenvalue weighted by atomic mass is 31.2. The molecule has 0 unspecified atom stereocenters. The SMILES string of the molecule is CCN(CC)CC.O=C(NCCCCCCOP(=O)(O)O)C(F)(F)F. The molecule has 0 fully saturated rings. The molecule has 0 spiro atoms. The molecule has 0 radical (unpaired) electrons. The molecular formula is C14H30F3N2O5P. The van der Waals surface area contributed by atoms with Crippen molar-refractivity contribution < 1.29 is 36.8 Å². The van der Waals surface area contributed by atoms with Crippen LogP contribution >= 0.6 is 7.82 Å². The zero-order valence-electron chi connectivity index (χ0n) is 15.0. The molecule has 0 saturated heterocycles. The van der Waals surface area contributed by atoms with Crippen molar-refractivity contribution in [1.29, 1.82) is 0 Å². The number of alkyl halides is 3. The van der Waals surface area contributed by atoms with E-state index in [-0.39, 0.29) is 13.2 Å². The molecule has 0 rings (SSSR count). The van der Waals surface area contributed by atoms with Gasteiger partial charge in [-0.1, -0.05) is 33.6 Å². The summed E-state index contributed by atoms with van der Waals surface area (Å²) in [6.45, 7) is 9.93. The number of unbranched alkanes of at least 4 members (excludes halogenated alkanes) is 3. The Kier molecular flexibility index (Phi) is 15.4. The third-order valence-corrected chi connectivity index (χ3v) is 3.73. The first-order chi connectivity index (χ1) is 11.5. The lowest BCUT2D eigenvalue weighted by atomic mass is 10.2. The van der Waals surface area contributed by atoms with Crippen LogP contribution in [0.4, 0.5) is 13.2 Å². The van der Waals surface area contributed by atoms with E-state index >= 15 is 0 Å². The van der Waals surface area contributed by atoms with Crippen molar-refractivity contribution in [2.24, 2.45) is 0 Å². The first-order valence-corrected chi connectivity index (χ1v) is 9.78. The van der Waals surface area contributed by atoms with Gasteiger partial charge in [0.1, 0.15) is 0 Å². The summed E-state index contributed by atoms with van der Waals surface area (Å²) in [5.41, 5.74) is 0. The second-order valence-electron chi connectivity index (χ2n) is 5.11. The topological polar surface area (TPSA) is 99.1 Å². The maximum absolute atomic E-state index is 11.7. The number of nitrogens with one attached hydrogen (secondary N) is 1. The fourth-order valence-corrected chi connectivity index (χ4v) is 2.10. The van der Waals surface area contributed by atoms with Crippen LogP contribution in [0.25, 0.3) is 0 Å². The van der Waals surface area contributed by atoms with Gasteiger partial charge in [-0.05, 0) is 32.5 Å². The molecule has 1 amide bonds. The van der Waals surface area contributed by atoms with E-state index < -0.39 is 19.9 Å². The van der Waals surface area contributed by atoms with E-state index in [1.54, 1.807) is 5.32 Å². The third-order valence-electron chi connectivity index (χ3n) is 3.22. The third kappa shape index (κ3) is 19.5. The minimum Gasteiger partial charge on any atom is -0.348 e. The molecule has 0 aliphatic carbocycles. The number of carbonyl (C=O) groups excluding carboxylic acids is 1. The molecule has 11 heteroatoms. The van der Waals surface area contributed by atoms with E-state index in [1.165, 1.54) is 19.6 Å². The number of phosphoric acid groups is 1. The molecule has 0 saturated carbocycles. The number of amides is 1. The molecule has 3 N–H and O–H groups in total. The zero-order valence-corrected chi connectivity index (χ0v) is 15.9. The monoisotopic (exact) mass is 394 g/mol. The lowest BCUT2D eigenvalue weighted by molar-refractivity contribution is -0.173. The molecule has 7 nitrogen and oxygen atoms in total. The van der Waals surface area contributed by atoms with E-state index in [0.29, 0.717) is 25.7 Å². The molecule has 0 atom stereocenters. The van der Waals surface area contributed by atoms with Gasteiger partial charge in [-0.25, -0.2) is 4.57 Å². The molecule has 0 heterocycles. The van der Waals surface area contributed by atoms with Gasteiger partial charge in [0.25, 0.3) is 0 Å². The average molecular weight is 394 g/mol. The normalized spacial score (nSPS) is 11.9. The van der Waals surface area contributed by atoms with Gasteiger partial charge < -0.3 is 20.0 Å². The highest BCUT2D eigenvalue weighted by Gasteiger charge is 2.38. The van der Waals surface area contributed by atoms with Crippen LogP contribution in [0.15, 0.2) is 0 Å². The van der Waals surface area contributed by atoms with E-state index in [9.17, 15) is 22.5 Å². The van der Waals surface area contributed by atoms with E-state index in [4.69, 9.17) is 9.79 Å². The van der Waals surface area contributed by atoms with Crippen LogP contribution in [-0.4, -0.2) is 59.6 Å². The Hall–Kier alpha value is -0.670. The van der Waals surface area contributed by atoms with Crippen LogP contribution in [0.5, 0.6) is 0 Å². The Morgan fingerprint density at radius 3 is 1.88 bits per heavy atom. The van der Waals surface area contributed by atoms with Crippen molar-refractivity contribution in [2.45, 2.75) is 52.6 Å². The first kappa shape index (κ1) is 26.6. The number of hydrogen-bond acceptors (Lipinski definition) is 4. The van der Waals surface area contributed by atoms with Gasteiger partial charge in [-0.2, -0.15) is 13.2 Å². The quantitative estimate of drug-likeness (QED) is 0.368. The molecule has 0 aromatic carbocycles. The van der Waals surface area contributed by atoms with Crippen LogP contribution in [0.3, 0.4) is 0 Å². The minimum atomic E-state index is -4.86. The van der Waals surface area contributed by atoms with Gasteiger partial charge in [0.05, 0.1) is 6.61 Å². The van der Waals surface area contributed by atoms with Crippen LogP contribution in [-0.2, 0) is 13.9 Å². The molecule has 152 valence electrons. The van der Waals surface area contributed by atoms with Gasteiger partial charge in [0, 0.05) is 6.54 Å². The summed E-state index contributed by atoms with van der Waals surface area (Å²) in [6.07, 6.45) is -3.04. The number of rotatable bonds is 11. The summed E-state index contributed by atoms with van der Waals surface area (Å²) < 4.78 is 49.6. The van der Waals surface area contributed by atoms with Gasteiger partial charge in [0.15, 0.2) is 0 Å². The molecule has 0 aliphatic heterocycles. The number of hydrogen-bond donors (Lipinski definition) is 3. The standard InChI is InChI=1S/C8H15F3NO5P.C6H15N/c9-8(10,11)7(13)12-5-3-1-2-4-6-17-18(14,15)16;1-4-7(5-2)6-3/h1-6H2,(H,12,13)(H2,14,15,16);4-6H2,1-3H3. The maximum Gasteiger partial charge on any atom is 0.471 e. The molecular weight excluding hydrogens is 364 g/mol. The Morgan fingerprint density at radius 1 is 1.04 bits per heavy atom. The van der Waals surface area contributed by atoms with Crippen molar-refractivity contribution in [3.63, 3.8) is 0 Å². The van der Waals surface area contributed by atoms with Crippen LogP contribution in [0.1, 0.15) is 46.5 Å². The molecule has 25 heavy (non-hydrogen) atoms. The molecule has 0 aliphatic rings. The van der Waals surface area contributed by atoms with Crippen molar-refractivity contribution in [2.75, 3.05) is 32.8 Å². The predicted octanol–water partition coefficient (Wildman–Crippen LogP) is 2.68. The molecule has 0 aromatic rings. The fourth-order valence-electron chi connectivity index (χ4n) is 1.74. The number of carbonyl (C=O) groups is 1. The summed E-state index contributed by atoms with van der Waals surface area (Å²) in [5, 5.41) is 1.72. The fraction of sp³-hybridized carbons (Fsp3) is 0.929. The van der Waals surface area contributed by atoms with Crippen LogP contribution in [0.2, 0.25) is 0 Å². The summed E-state index contributed by atoms with van der Waals surface area (Å²) in [5.74, 6) is -1.97. The van der Waals surface area contributed by atoms with Gasteiger partial charge >= 0.3 is 19.9 Å². The number of phosphoric ester groups is 1. The number of halogens is 3. The van der Waals surface area contributed by atoms with Gasteiger partial charge in [-0.3, -0.25) is 9.32 Å². The summed E-state index contributed by atoms with van der Waals surface area (Å²) in [7, 11) is -4.44. The summed E-state index contributed by atoms with van der Waals surface area (Å²) in [6, 6.07) is 0. The lowest BCUT2D eigenvalue weighted by Gasteiger charge is -2.13. The minimum absolute atomic E-state index is 0.0856. The number of nitrogens with zero attached hydrogens (tertiary/aromatic N) is 1. The van der Waals surface area contributed by atoms with Crippen molar-refractivity contribution in [3.8, 4) is 0 Å². The Balaban J connectivity index is 0.